The van der Waals surface area contributed by atoms with Gasteiger partial charge in [0, 0.05) is 54.3 Å². The molecule has 1 atom stereocenters. The number of fused-ring (bicyclic) bond motifs is 1. The lowest BCUT2D eigenvalue weighted by atomic mass is 9.87. The summed E-state index contributed by atoms with van der Waals surface area (Å²) in [5.74, 6) is -0.848. The Balaban J connectivity index is 1.62. The Bertz CT molecular complexity index is 1250. The summed E-state index contributed by atoms with van der Waals surface area (Å²) >= 11 is 5.83. The smallest absolute Gasteiger partial charge is 0.361 e. The number of aromatic nitrogens is 2. The third kappa shape index (κ3) is 5.37. The van der Waals surface area contributed by atoms with Crippen LogP contribution in [-0.2, 0) is 17.4 Å². The molecular formula is C25H21ClF3N3O. The van der Waals surface area contributed by atoms with Crippen molar-refractivity contribution >= 4 is 28.4 Å². The van der Waals surface area contributed by atoms with Crippen molar-refractivity contribution < 1.29 is 18.0 Å². The van der Waals surface area contributed by atoms with Gasteiger partial charge < -0.3 is 10.3 Å². The molecule has 33 heavy (non-hydrogen) atoms. The summed E-state index contributed by atoms with van der Waals surface area (Å²) < 4.78 is 40.5. The maximum Gasteiger partial charge on any atom is 0.417 e. The van der Waals surface area contributed by atoms with Gasteiger partial charge in [0.1, 0.15) is 0 Å². The Kier molecular flexibility index (Phi) is 6.70. The average Bonchev–Trinajstić information content (AvgIpc) is 3.22. The molecule has 0 saturated carbocycles. The van der Waals surface area contributed by atoms with Gasteiger partial charge in [0.05, 0.1) is 10.6 Å². The highest BCUT2D eigenvalue weighted by Crippen LogP contribution is 2.39. The molecule has 4 rings (SSSR count). The number of pyridine rings is 1. The van der Waals surface area contributed by atoms with Crippen LogP contribution in [0.3, 0.4) is 0 Å². The summed E-state index contributed by atoms with van der Waals surface area (Å²) in [5, 5.41) is 3.34. The molecule has 0 spiro atoms. The van der Waals surface area contributed by atoms with Crippen molar-refractivity contribution in [1.82, 2.24) is 15.3 Å². The van der Waals surface area contributed by atoms with Gasteiger partial charge in [0.25, 0.3) is 0 Å². The van der Waals surface area contributed by atoms with Crippen LogP contribution in [-0.4, -0.2) is 22.4 Å². The highest BCUT2D eigenvalue weighted by Gasteiger charge is 2.34. The van der Waals surface area contributed by atoms with E-state index in [4.69, 9.17) is 11.6 Å². The molecule has 0 aliphatic carbocycles. The number of amides is 1. The predicted molar refractivity (Wildman–Crippen MR) is 122 cm³/mol. The zero-order valence-electron chi connectivity index (χ0n) is 17.5. The number of carbonyl (C=O) groups excluding carboxylic acids is 1. The molecule has 0 saturated heterocycles. The van der Waals surface area contributed by atoms with Gasteiger partial charge in [-0.1, -0.05) is 41.9 Å². The Morgan fingerprint density at radius 2 is 1.88 bits per heavy atom. The Hall–Kier alpha value is -3.32. The first-order chi connectivity index (χ1) is 15.8. The van der Waals surface area contributed by atoms with E-state index in [0.717, 1.165) is 28.2 Å². The van der Waals surface area contributed by atoms with Gasteiger partial charge in [-0.3, -0.25) is 9.78 Å². The maximum atomic E-state index is 13.5. The fourth-order valence-corrected chi connectivity index (χ4v) is 4.12. The minimum absolute atomic E-state index is 0.0109. The van der Waals surface area contributed by atoms with Crippen LogP contribution in [0.15, 0.2) is 73.1 Å². The van der Waals surface area contributed by atoms with E-state index in [1.165, 1.54) is 6.07 Å². The third-order valence-electron chi connectivity index (χ3n) is 5.51. The number of carbonyl (C=O) groups is 1. The van der Waals surface area contributed by atoms with E-state index in [1.807, 2.05) is 42.5 Å². The monoisotopic (exact) mass is 471 g/mol. The Labute approximate surface area is 193 Å². The van der Waals surface area contributed by atoms with E-state index in [2.05, 4.69) is 15.3 Å². The molecule has 4 aromatic rings. The number of benzene rings is 2. The molecule has 2 aromatic heterocycles. The number of H-pyrrole nitrogens is 1. The molecule has 2 heterocycles. The number of hydrogen-bond donors (Lipinski definition) is 2. The van der Waals surface area contributed by atoms with Gasteiger partial charge in [-0.25, -0.2) is 0 Å². The van der Waals surface area contributed by atoms with Crippen molar-refractivity contribution in [3.05, 3.63) is 100 Å². The topological polar surface area (TPSA) is 57.8 Å². The number of aromatic amines is 1. The highest BCUT2D eigenvalue weighted by atomic mass is 35.5. The minimum Gasteiger partial charge on any atom is -0.361 e. The van der Waals surface area contributed by atoms with Crippen LogP contribution in [0.1, 0.15) is 34.7 Å². The zero-order chi connectivity index (χ0) is 23.4. The summed E-state index contributed by atoms with van der Waals surface area (Å²) in [6.45, 7) is 0.380. The van der Waals surface area contributed by atoms with Crippen molar-refractivity contribution in [2.75, 3.05) is 6.54 Å². The molecule has 1 amide bonds. The second-order valence-electron chi connectivity index (χ2n) is 7.70. The fraction of sp³-hybridized carbons (Fsp3) is 0.200. The second-order valence-corrected chi connectivity index (χ2v) is 8.11. The molecule has 170 valence electrons. The van der Waals surface area contributed by atoms with E-state index in [9.17, 15) is 18.0 Å². The lowest BCUT2D eigenvalue weighted by Crippen LogP contribution is -2.27. The van der Waals surface area contributed by atoms with Crippen LogP contribution in [0.25, 0.3) is 10.9 Å². The molecule has 0 aliphatic rings. The summed E-state index contributed by atoms with van der Waals surface area (Å²) in [4.78, 5) is 20.2. The van der Waals surface area contributed by atoms with Gasteiger partial charge in [0.2, 0.25) is 5.91 Å². The first-order valence-corrected chi connectivity index (χ1v) is 10.8. The van der Waals surface area contributed by atoms with Crippen molar-refractivity contribution in [2.24, 2.45) is 0 Å². The molecule has 0 unspecified atom stereocenters. The van der Waals surface area contributed by atoms with E-state index in [-0.39, 0.29) is 17.4 Å². The summed E-state index contributed by atoms with van der Waals surface area (Å²) in [5.41, 5.74) is 1.90. The molecule has 0 fully saturated rings. The van der Waals surface area contributed by atoms with E-state index < -0.39 is 17.7 Å². The highest BCUT2D eigenvalue weighted by molar-refractivity contribution is 6.31. The molecular weight excluding hydrogens is 451 g/mol. The predicted octanol–water partition coefficient (Wildman–Crippen LogP) is 6.12. The lowest BCUT2D eigenvalue weighted by molar-refractivity contribution is -0.137. The number of rotatable bonds is 7. The molecule has 0 aliphatic heterocycles. The first kappa shape index (κ1) is 22.9. The van der Waals surface area contributed by atoms with Gasteiger partial charge in [0.15, 0.2) is 0 Å². The van der Waals surface area contributed by atoms with Crippen molar-refractivity contribution in [2.45, 2.75) is 24.9 Å². The first-order valence-electron chi connectivity index (χ1n) is 10.4. The van der Waals surface area contributed by atoms with Gasteiger partial charge in [-0.05, 0) is 41.5 Å². The van der Waals surface area contributed by atoms with Crippen LogP contribution in [0.2, 0.25) is 5.02 Å². The third-order valence-corrected chi connectivity index (χ3v) is 5.84. The maximum absolute atomic E-state index is 13.5. The molecule has 0 bridgehead atoms. The molecule has 4 nitrogen and oxygen atoms in total. The molecule has 0 radical (unpaired) electrons. The Morgan fingerprint density at radius 1 is 1.09 bits per heavy atom. The Morgan fingerprint density at radius 3 is 2.64 bits per heavy atom. The van der Waals surface area contributed by atoms with E-state index >= 15 is 0 Å². The number of para-hydroxylation sites is 1. The average molecular weight is 472 g/mol. The minimum atomic E-state index is -4.59. The van der Waals surface area contributed by atoms with Crippen molar-refractivity contribution in [3.63, 3.8) is 0 Å². The normalized spacial score (nSPS) is 12.6. The summed E-state index contributed by atoms with van der Waals surface area (Å²) in [6.07, 6.45) is -0.614. The summed E-state index contributed by atoms with van der Waals surface area (Å²) in [6, 6.07) is 16.9. The standard InChI is InChI=1S/C25H21ClF3N3O/c26-22-9-8-16(13-21(22)25(27,28)29)19(20-15-32-23-7-2-1-6-18(20)23)14-24(33)31-12-10-17-5-3-4-11-30-17/h1-9,11,13,15,19,32H,10,12,14H2,(H,31,33)/t19-/m0/s1. The van der Waals surface area contributed by atoms with Gasteiger partial charge in [-0.2, -0.15) is 13.2 Å². The lowest BCUT2D eigenvalue weighted by Gasteiger charge is -2.19. The fourth-order valence-electron chi connectivity index (χ4n) is 3.90. The number of nitrogens with zero attached hydrogens (tertiary/aromatic N) is 1. The van der Waals surface area contributed by atoms with Crippen molar-refractivity contribution in [3.8, 4) is 0 Å². The molecule has 2 N–H and O–H groups in total. The summed E-state index contributed by atoms with van der Waals surface area (Å²) in [7, 11) is 0. The van der Waals surface area contributed by atoms with Gasteiger partial charge >= 0.3 is 6.18 Å². The number of alkyl halides is 3. The van der Waals surface area contributed by atoms with Crippen LogP contribution in [0, 0.1) is 0 Å². The van der Waals surface area contributed by atoms with Crippen LogP contribution in [0.5, 0.6) is 0 Å². The van der Waals surface area contributed by atoms with Gasteiger partial charge in [-0.15, -0.1) is 0 Å². The number of hydrogen-bond acceptors (Lipinski definition) is 2. The molecule has 2 aromatic carbocycles. The van der Waals surface area contributed by atoms with E-state index in [0.29, 0.717) is 18.5 Å². The van der Waals surface area contributed by atoms with E-state index in [1.54, 1.807) is 18.5 Å². The van der Waals surface area contributed by atoms with Crippen LogP contribution < -0.4 is 5.32 Å². The van der Waals surface area contributed by atoms with Crippen molar-refractivity contribution in [1.29, 1.82) is 0 Å². The zero-order valence-corrected chi connectivity index (χ0v) is 18.3. The second kappa shape index (κ2) is 9.67. The largest absolute Gasteiger partial charge is 0.417 e. The SMILES string of the molecule is O=C(C[C@@H](c1ccc(Cl)c(C(F)(F)F)c1)c1c[nH]c2ccccc12)NCCc1ccccn1. The van der Waals surface area contributed by atoms with Crippen LogP contribution >= 0.6 is 11.6 Å². The van der Waals surface area contributed by atoms with Crippen LogP contribution in [0.4, 0.5) is 13.2 Å². The molecule has 8 heteroatoms. The number of nitrogens with one attached hydrogen (secondary N) is 2. The quantitative estimate of drug-likeness (QED) is 0.341. The number of halogens is 4.